The van der Waals surface area contributed by atoms with Gasteiger partial charge in [-0.1, -0.05) is 11.6 Å². The van der Waals surface area contributed by atoms with Gasteiger partial charge >= 0.3 is 0 Å². The molecule has 2 bridgehead atoms. The van der Waals surface area contributed by atoms with E-state index in [4.69, 9.17) is 11.6 Å². The van der Waals surface area contributed by atoms with Crippen LogP contribution in [-0.4, -0.2) is 42.6 Å². The first-order valence-electron chi connectivity index (χ1n) is 7.50. The summed E-state index contributed by atoms with van der Waals surface area (Å²) in [6, 6.07) is 0.818. The summed E-state index contributed by atoms with van der Waals surface area (Å²) in [6.07, 6.45) is 12.1. The summed E-state index contributed by atoms with van der Waals surface area (Å²) < 4.78 is 1.94. The van der Waals surface area contributed by atoms with E-state index in [1.54, 1.807) is 24.8 Å². The van der Waals surface area contributed by atoms with E-state index in [0.717, 1.165) is 25.7 Å². The lowest BCUT2D eigenvalue weighted by Crippen LogP contribution is -2.47. The van der Waals surface area contributed by atoms with E-state index >= 15 is 0 Å². The molecule has 2 saturated heterocycles. The summed E-state index contributed by atoms with van der Waals surface area (Å²) in [5, 5.41) is 4.98. The van der Waals surface area contributed by atoms with Gasteiger partial charge in [0.25, 0.3) is 5.91 Å². The monoisotopic (exact) mass is 317 g/mol. The van der Waals surface area contributed by atoms with E-state index in [2.05, 4.69) is 15.1 Å². The summed E-state index contributed by atoms with van der Waals surface area (Å²) in [5.41, 5.74) is 0.431. The van der Waals surface area contributed by atoms with Gasteiger partial charge < -0.3 is 4.90 Å². The van der Waals surface area contributed by atoms with Crippen LogP contribution in [-0.2, 0) is 0 Å². The van der Waals surface area contributed by atoms with Gasteiger partial charge in [0.15, 0.2) is 0 Å². The molecular formula is C15H16ClN5O. The lowest BCUT2D eigenvalue weighted by Gasteiger charge is -2.38. The predicted molar refractivity (Wildman–Crippen MR) is 80.5 cm³/mol. The summed E-state index contributed by atoms with van der Waals surface area (Å²) in [6.45, 7) is 0. The second-order valence-electron chi connectivity index (χ2n) is 5.95. The minimum atomic E-state index is -0.00227. The van der Waals surface area contributed by atoms with Crippen LogP contribution in [0.5, 0.6) is 0 Å². The first-order valence-corrected chi connectivity index (χ1v) is 7.88. The van der Waals surface area contributed by atoms with Crippen LogP contribution in [0.4, 0.5) is 0 Å². The molecule has 6 nitrogen and oxygen atoms in total. The first kappa shape index (κ1) is 13.7. The Balaban J connectivity index is 1.55. The molecule has 2 aromatic heterocycles. The zero-order valence-corrected chi connectivity index (χ0v) is 12.7. The lowest BCUT2D eigenvalue weighted by molar-refractivity contribution is 0.0518. The van der Waals surface area contributed by atoms with Gasteiger partial charge in [-0.25, -0.2) is 4.98 Å². The number of rotatable bonds is 2. The number of amides is 1. The number of carbonyl (C=O) groups excluding carboxylic acids is 1. The molecule has 0 aromatic carbocycles. The molecule has 1 amide bonds. The molecule has 0 aliphatic carbocycles. The van der Waals surface area contributed by atoms with Gasteiger partial charge in [-0.2, -0.15) is 5.10 Å². The zero-order chi connectivity index (χ0) is 15.1. The molecule has 7 heteroatoms. The van der Waals surface area contributed by atoms with Gasteiger partial charge in [-0.15, -0.1) is 0 Å². The Labute approximate surface area is 133 Å². The molecule has 114 valence electrons. The third kappa shape index (κ3) is 2.27. The van der Waals surface area contributed by atoms with Crippen molar-refractivity contribution in [3.63, 3.8) is 0 Å². The Kier molecular flexibility index (Phi) is 3.33. The largest absolute Gasteiger partial charge is 0.331 e. The molecule has 4 rings (SSSR count). The van der Waals surface area contributed by atoms with Crippen LogP contribution >= 0.6 is 11.6 Å². The molecule has 4 heterocycles. The normalized spacial score (nSPS) is 27.1. The highest BCUT2D eigenvalue weighted by Gasteiger charge is 2.44. The maximum atomic E-state index is 12.7. The Hall–Kier alpha value is -1.95. The third-order valence-corrected chi connectivity index (χ3v) is 4.86. The molecule has 0 spiro atoms. The quantitative estimate of drug-likeness (QED) is 0.853. The van der Waals surface area contributed by atoms with Crippen LogP contribution in [0.25, 0.3) is 0 Å². The fourth-order valence-corrected chi connectivity index (χ4v) is 3.90. The van der Waals surface area contributed by atoms with Crippen molar-refractivity contribution in [2.75, 3.05) is 0 Å². The molecular weight excluding hydrogens is 302 g/mol. The van der Waals surface area contributed by atoms with E-state index in [1.807, 2.05) is 15.8 Å². The molecule has 0 saturated carbocycles. The highest BCUT2D eigenvalue weighted by molar-refractivity contribution is 6.30. The van der Waals surface area contributed by atoms with Crippen LogP contribution in [0.2, 0.25) is 5.02 Å². The smallest absolute Gasteiger partial charge is 0.274 e. The average Bonchev–Trinajstić information content (AvgIpc) is 3.09. The van der Waals surface area contributed by atoms with Gasteiger partial charge in [0.1, 0.15) is 5.69 Å². The number of hydrogen-bond donors (Lipinski definition) is 0. The Morgan fingerprint density at radius 3 is 2.50 bits per heavy atom. The second-order valence-corrected chi connectivity index (χ2v) is 6.39. The van der Waals surface area contributed by atoms with Crippen molar-refractivity contribution in [1.29, 1.82) is 0 Å². The van der Waals surface area contributed by atoms with Crippen LogP contribution in [0.15, 0.2) is 31.0 Å². The van der Waals surface area contributed by atoms with E-state index in [0.29, 0.717) is 16.8 Å². The summed E-state index contributed by atoms with van der Waals surface area (Å²) in [7, 11) is 0. The summed E-state index contributed by atoms with van der Waals surface area (Å²) in [4.78, 5) is 22.8. The average molecular weight is 318 g/mol. The van der Waals surface area contributed by atoms with E-state index in [1.165, 1.54) is 0 Å². The molecule has 0 N–H and O–H groups in total. The molecule has 2 fully saturated rings. The fourth-order valence-electron chi connectivity index (χ4n) is 3.75. The highest BCUT2D eigenvalue weighted by Crippen LogP contribution is 2.41. The number of piperidine rings is 1. The van der Waals surface area contributed by atoms with Crippen molar-refractivity contribution >= 4 is 17.5 Å². The van der Waals surface area contributed by atoms with Crippen molar-refractivity contribution in [3.8, 4) is 0 Å². The topological polar surface area (TPSA) is 63.9 Å². The predicted octanol–water partition coefficient (Wildman–Crippen LogP) is 2.33. The number of hydrogen-bond acceptors (Lipinski definition) is 4. The van der Waals surface area contributed by atoms with Gasteiger partial charge in [-0.3, -0.25) is 14.5 Å². The number of nitrogens with zero attached hydrogens (tertiary/aromatic N) is 5. The van der Waals surface area contributed by atoms with Crippen molar-refractivity contribution in [3.05, 3.63) is 41.7 Å². The Bertz CT molecular complexity index is 674. The minimum Gasteiger partial charge on any atom is -0.331 e. The van der Waals surface area contributed by atoms with Gasteiger partial charge in [0, 0.05) is 30.7 Å². The number of carbonyl (C=O) groups is 1. The number of fused-ring (bicyclic) bond motifs is 2. The molecule has 2 atom stereocenters. The van der Waals surface area contributed by atoms with Crippen molar-refractivity contribution in [2.24, 2.45) is 0 Å². The fraction of sp³-hybridized carbons (Fsp3) is 0.467. The highest BCUT2D eigenvalue weighted by atomic mass is 35.5. The van der Waals surface area contributed by atoms with Crippen molar-refractivity contribution in [2.45, 2.75) is 43.8 Å². The second kappa shape index (κ2) is 5.35. The molecule has 2 aliphatic heterocycles. The molecule has 2 aromatic rings. The molecule has 0 radical (unpaired) electrons. The van der Waals surface area contributed by atoms with Crippen LogP contribution in [0.1, 0.15) is 42.2 Å². The Morgan fingerprint density at radius 2 is 1.91 bits per heavy atom. The number of aromatic nitrogens is 4. The molecule has 2 aliphatic rings. The van der Waals surface area contributed by atoms with Crippen LogP contribution in [0.3, 0.4) is 0 Å². The molecule has 2 unspecified atom stereocenters. The Morgan fingerprint density at radius 1 is 1.14 bits per heavy atom. The van der Waals surface area contributed by atoms with Gasteiger partial charge in [0.2, 0.25) is 0 Å². The third-order valence-electron chi connectivity index (χ3n) is 4.67. The molecule has 22 heavy (non-hydrogen) atoms. The summed E-state index contributed by atoms with van der Waals surface area (Å²) in [5.74, 6) is -0.00227. The van der Waals surface area contributed by atoms with E-state index < -0.39 is 0 Å². The van der Waals surface area contributed by atoms with E-state index in [9.17, 15) is 4.79 Å². The standard InChI is InChI=1S/C15H16ClN5O/c16-10-7-19-20(9-10)13-5-11-1-2-12(6-13)21(11)15(22)14-8-17-3-4-18-14/h3-4,7-9,11-13H,1-2,5-6H2. The van der Waals surface area contributed by atoms with Crippen molar-refractivity contribution < 1.29 is 4.79 Å². The van der Waals surface area contributed by atoms with Crippen LogP contribution < -0.4 is 0 Å². The SMILES string of the molecule is O=C(c1cnccn1)N1C2CCC1CC(n1cc(Cl)cn1)C2. The first-order chi connectivity index (χ1) is 10.7. The number of halogens is 1. The minimum absolute atomic E-state index is 0.00227. The van der Waals surface area contributed by atoms with Crippen LogP contribution in [0, 0.1) is 0 Å². The maximum absolute atomic E-state index is 12.7. The maximum Gasteiger partial charge on any atom is 0.274 e. The van der Waals surface area contributed by atoms with Crippen molar-refractivity contribution in [1.82, 2.24) is 24.6 Å². The zero-order valence-electron chi connectivity index (χ0n) is 12.0. The van der Waals surface area contributed by atoms with E-state index in [-0.39, 0.29) is 18.0 Å². The summed E-state index contributed by atoms with van der Waals surface area (Å²) >= 11 is 5.96. The lowest BCUT2D eigenvalue weighted by atomic mass is 9.97. The van der Waals surface area contributed by atoms with Gasteiger partial charge in [-0.05, 0) is 25.7 Å². The van der Waals surface area contributed by atoms with Gasteiger partial charge in [0.05, 0.1) is 23.5 Å².